The summed E-state index contributed by atoms with van der Waals surface area (Å²) in [6.07, 6.45) is 5.04. The molecule has 1 aliphatic carbocycles. The second kappa shape index (κ2) is 9.39. The van der Waals surface area contributed by atoms with Gasteiger partial charge < -0.3 is 20.5 Å². The van der Waals surface area contributed by atoms with E-state index in [-0.39, 0.29) is 41.5 Å². The Kier molecular flexibility index (Phi) is 7.04. The fourth-order valence-electron chi connectivity index (χ4n) is 4.83. The van der Waals surface area contributed by atoms with Crippen LogP contribution >= 0.6 is 0 Å². The van der Waals surface area contributed by atoms with Gasteiger partial charge in [-0.05, 0) is 68.2 Å². The first-order valence-corrected chi connectivity index (χ1v) is 11.2. The van der Waals surface area contributed by atoms with Gasteiger partial charge in [0.15, 0.2) is 5.78 Å². The zero-order chi connectivity index (χ0) is 22.8. The van der Waals surface area contributed by atoms with Crippen LogP contribution in [0.3, 0.4) is 0 Å². The van der Waals surface area contributed by atoms with E-state index < -0.39 is 12.1 Å². The first-order valence-electron chi connectivity index (χ1n) is 11.2. The molecule has 1 aliphatic heterocycles. The monoisotopic (exact) mass is 430 g/mol. The summed E-state index contributed by atoms with van der Waals surface area (Å²) in [7, 11) is 0. The molecule has 3 rings (SSSR count). The molecular formula is C24H34N2O5. The van der Waals surface area contributed by atoms with Gasteiger partial charge in [0, 0.05) is 5.56 Å². The first-order chi connectivity index (χ1) is 14.6. The van der Waals surface area contributed by atoms with Crippen LogP contribution in [-0.4, -0.2) is 47.5 Å². The van der Waals surface area contributed by atoms with Crippen molar-refractivity contribution in [2.45, 2.75) is 84.4 Å². The highest BCUT2D eigenvalue weighted by atomic mass is 16.5. The van der Waals surface area contributed by atoms with E-state index in [1.807, 2.05) is 6.92 Å². The molecule has 0 spiro atoms. The summed E-state index contributed by atoms with van der Waals surface area (Å²) in [6, 6.07) is 1.80. The van der Waals surface area contributed by atoms with Crippen molar-refractivity contribution in [1.82, 2.24) is 10.6 Å². The molecule has 3 atom stereocenters. The fraction of sp³-hybridized carbons (Fsp3) is 0.625. The highest BCUT2D eigenvalue weighted by molar-refractivity contribution is 5.99. The summed E-state index contributed by atoms with van der Waals surface area (Å²) in [5, 5.41) is 15.7. The zero-order valence-electron chi connectivity index (χ0n) is 18.9. The Bertz CT molecular complexity index is 837. The topological polar surface area (TPSA) is 105 Å². The van der Waals surface area contributed by atoms with Gasteiger partial charge >= 0.3 is 0 Å². The van der Waals surface area contributed by atoms with E-state index >= 15 is 0 Å². The van der Waals surface area contributed by atoms with Gasteiger partial charge in [0.25, 0.3) is 5.91 Å². The molecule has 7 nitrogen and oxygen atoms in total. The van der Waals surface area contributed by atoms with Crippen molar-refractivity contribution in [2.75, 3.05) is 6.61 Å². The number of benzene rings is 1. The van der Waals surface area contributed by atoms with Crippen LogP contribution in [-0.2, 0) is 14.3 Å². The van der Waals surface area contributed by atoms with Gasteiger partial charge in [-0.3, -0.25) is 14.4 Å². The Morgan fingerprint density at radius 2 is 1.84 bits per heavy atom. The number of carbonyl (C=O) groups excluding carboxylic acids is 3. The second-order valence-electron chi connectivity index (χ2n) is 9.42. The third-order valence-electron chi connectivity index (χ3n) is 6.74. The molecule has 1 saturated heterocycles. The summed E-state index contributed by atoms with van der Waals surface area (Å²) < 4.78 is 5.47. The van der Waals surface area contributed by atoms with Crippen LogP contribution in [0, 0.1) is 19.3 Å². The summed E-state index contributed by atoms with van der Waals surface area (Å²) in [5.41, 5.74) is 1.58. The zero-order valence-corrected chi connectivity index (χ0v) is 18.9. The maximum Gasteiger partial charge on any atom is 0.251 e. The molecule has 2 amide bonds. The van der Waals surface area contributed by atoms with Gasteiger partial charge in [-0.15, -0.1) is 0 Å². The average molecular weight is 431 g/mol. The van der Waals surface area contributed by atoms with E-state index in [9.17, 15) is 19.5 Å². The van der Waals surface area contributed by atoms with Crippen molar-refractivity contribution in [3.05, 3.63) is 28.8 Å². The van der Waals surface area contributed by atoms with E-state index in [1.165, 1.54) is 0 Å². The Balaban J connectivity index is 1.79. The van der Waals surface area contributed by atoms with E-state index in [0.717, 1.165) is 25.7 Å². The van der Waals surface area contributed by atoms with Crippen molar-refractivity contribution in [2.24, 2.45) is 5.41 Å². The average Bonchev–Trinajstić information content (AvgIpc) is 3.30. The predicted octanol–water partition coefficient (Wildman–Crippen LogP) is 2.94. The van der Waals surface area contributed by atoms with Gasteiger partial charge in [0.2, 0.25) is 5.91 Å². The summed E-state index contributed by atoms with van der Waals surface area (Å²) in [5.74, 6) is -0.693. The van der Waals surface area contributed by atoms with E-state index in [2.05, 4.69) is 17.6 Å². The molecule has 1 saturated carbocycles. The van der Waals surface area contributed by atoms with Crippen molar-refractivity contribution in [3.8, 4) is 5.75 Å². The minimum absolute atomic E-state index is 0.00422. The third kappa shape index (κ3) is 5.26. The maximum atomic E-state index is 13.2. The molecule has 1 aromatic carbocycles. The number of ether oxygens (including phenoxy) is 1. The number of aromatic hydroxyl groups is 1. The molecule has 0 unspecified atom stereocenters. The number of carbonyl (C=O) groups is 3. The Hall–Kier alpha value is -2.41. The van der Waals surface area contributed by atoms with Gasteiger partial charge in [0.1, 0.15) is 24.4 Å². The van der Waals surface area contributed by atoms with Crippen LogP contribution in [0.25, 0.3) is 0 Å². The normalized spacial score (nSPS) is 23.5. The number of hydrogen-bond donors (Lipinski definition) is 3. The number of ketones is 1. The molecule has 0 bridgehead atoms. The molecule has 1 heterocycles. The number of phenols is 1. The summed E-state index contributed by atoms with van der Waals surface area (Å²) >= 11 is 0. The maximum absolute atomic E-state index is 13.2. The van der Waals surface area contributed by atoms with Crippen LogP contribution in [0.4, 0.5) is 0 Å². The van der Waals surface area contributed by atoms with E-state index in [0.29, 0.717) is 29.5 Å². The van der Waals surface area contributed by atoms with Gasteiger partial charge in [-0.2, -0.15) is 0 Å². The first kappa shape index (κ1) is 23.3. The molecule has 3 N–H and O–H groups in total. The van der Waals surface area contributed by atoms with Crippen LogP contribution in [0.1, 0.15) is 73.9 Å². The molecule has 31 heavy (non-hydrogen) atoms. The SMILES string of the molecule is CC[C@@H]1OCC(=O)[C@H]1NC(=O)[C@H](CC1(C)CCCC1)NC(=O)c1cc(C)c(O)c(C)c1. The predicted molar refractivity (Wildman–Crippen MR) is 117 cm³/mol. The van der Waals surface area contributed by atoms with Gasteiger partial charge in [-0.1, -0.05) is 26.7 Å². The van der Waals surface area contributed by atoms with Crippen LogP contribution in [0.5, 0.6) is 5.75 Å². The fourth-order valence-corrected chi connectivity index (χ4v) is 4.83. The van der Waals surface area contributed by atoms with E-state index in [4.69, 9.17) is 4.74 Å². The molecule has 7 heteroatoms. The van der Waals surface area contributed by atoms with Crippen molar-refractivity contribution >= 4 is 17.6 Å². The van der Waals surface area contributed by atoms with E-state index in [1.54, 1.807) is 26.0 Å². The van der Waals surface area contributed by atoms with Crippen LogP contribution < -0.4 is 10.6 Å². The van der Waals surface area contributed by atoms with Gasteiger partial charge in [0.05, 0.1) is 6.10 Å². The molecular weight excluding hydrogens is 396 g/mol. The number of aryl methyl sites for hydroxylation is 2. The van der Waals surface area contributed by atoms with Crippen molar-refractivity contribution < 1.29 is 24.2 Å². The van der Waals surface area contributed by atoms with Crippen LogP contribution in [0.15, 0.2) is 12.1 Å². The third-order valence-corrected chi connectivity index (χ3v) is 6.74. The lowest BCUT2D eigenvalue weighted by Gasteiger charge is -2.30. The number of Topliss-reactive ketones (excluding diaryl/α,β-unsaturated/α-hetero) is 1. The van der Waals surface area contributed by atoms with Crippen molar-refractivity contribution in [1.29, 1.82) is 0 Å². The molecule has 170 valence electrons. The summed E-state index contributed by atoms with van der Waals surface area (Å²) in [6.45, 7) is 7.54. The smallest absolute Gasteiger partial charge is 0.251 e. The number of hydrogen-bond acceptors (Lipinski definition) is 5. The Labute approximate surface area is 183 Å². The lowest BCUT2D eigenvalue weighted by Crippen LogP contribution is -2.54. The summed E-state index contributed by atoms with van der Waals surface area (Å²) in [4.78, 5) is 38.4. The quantitative estimate of drug-likeness (QED) is 0.617. The number of rotatable bonds is 7. The highest BCUT2D eigenvalue weighted by Gasteiger charge is 2.39. The number of phenolic OH excluding ortho intramolecular Hbond substituents is 1. The second-order valence-corrected chi connectivity index (χ2v) is 9.42. The lowest BCUT2D eigenvalue weighted by atomic mass is 9.81. The molecule has 0 radical (unpaired) electrons. The largest absolute Gasteiger partial charge is 0.507 e. The number of amides is 2. The molecule has 2 aliphatic rings. The Morgan fingerprint density at radius 3 is 2.42 bits per heavy atom. The Morgan fingerprint density at radius 1 is 1.23 bits per heavy atom. The highest BCUT2D eigenvalue weighted by Crippen LogP contribution is 2.41. The molecule has 2 fully saturated rings. The van der Waals surface area contributed by atoms with Crippen LogP contribution in [0.2, 0.25) is 0 Å². The number of nitrogens with one attached hydrogen (secondary N) is 2. The van der Waals surface area contributed by atoms with Crippen molar-refractivity contribution in [3.63, 3.8) is 0 Å². The standard InChI is InChI=1S/C24H34N2O5/c1-5-19-20(18(27)13-31-19)26-23(30)17(12-24(4)8-6-7-9-24)25-22(29)16-10-14(2)21(28)15(3)11-16/h10-11,17,19-20,28H,5-9,12-13H2,1-4H3,(H,25,29)(H,26,30)/t17-,19-,20+/m0/s1. The van der Waals surface area contributed by atoms with Gasteiger partial charge in [-0.25, -0.2) is 0 Å². The molecule has 1 aromatic rings. The minimum Gasteiger partial charge on any atom is -0.507 e. The lowest BCUT2D eigenvalue weighted by molar-refractivity contribution is -0.128. The minimum atomic E-state index is -0.754. The molecule has 0 aromatic heterocycles.